The predicted octanol–water partition coefficient (Wildman–Crippen LogP) is 3.10. The first-order chi connectivity index (χ1) is 8.70. The molecule has 1 aromatic carbocycles. The van der Waals surface area contributed by atoms with Crippen LogP contribution in [0.4, 0.5) is 0 Å². The van der Waals surface area contributed by atoms with Crippen LogP contribution in [0.1, 0.15) is 18.4 Å². The van der Waals surface area contributed by atoms with E-state index in [1.165, 1.54) is 0 Å². The summed E-state index contributed by atoms with van der Waals surface area (Å²) in [6, 6.07) is 8.17. The normalized spacial score (nSPS) is 12.4. The first-order valence-corrected chi connectivity index (χ1v) is 6.92. The number of nitrogens with zero attached hydrogens (tertiary/aromatic N) is 1. The van der Waals surface area contributed by atoms with Crippen LogP contribution in [0.25, 0.3) is 11.3 Å². The number of aromatic nitrogens is 1. The molecule has 2 aromatic rings. The summed E-state index contributed by atoms with van der Waals surface area (Å²) in [6.07, 6.45) is 1.91. The minimum Gasteiger partial charge on any atom is -0.496 e. The number of benzene rings is 1. The van der Waals surface area contributed by atoms with Gasteiger partial charge >= 0.3 is 0 Å². The van der Waals surface area contributed by atoms with E-state index < -0.39 is 0 Å². The van der Waals surface area contributed by atoms with Gasteiger partial charge in [-0.2, -0.15) is 0 Å². The Morgan fingerprint density at radius 2 is 2.17 bits per heavy atom. The summed E-state index contributed by atoms with van der Waals surface area (Å²) in [5.41, 5.74) is 7.79. The van der Waals surface area contributed by atoms with Crippen LogP contribution in [-0.2, 0) is 6.42 Å². The van der Waals surface area contributed by atoms with Gasteiger partial charge in [0.2, 0.25) is 0 Å². The molecule has 0 aliphatic carbocycles. The summed E-state index contributed by atoms with van der Waals surface area (Å²) < 4.78 is 5.35. The fourth-order valence-corrected chi connectivity index (χ4v) is 2.57. The molecule has 0 bridgehead atoms. The summed E-state index contributed by atoms with van der Waals surface area (Å²) >= 11 is 1.68. The third kappa shape index (κ3) is 3.09. The van der Waals surface area contributed by atoms with Gasteiger partial charge in [-0.15, -0.1) is 11.3 Å². The van der Waals surface area contributed by atoms with Crippen LogP contribution in [0, 0.1) is 0 Å². The number of methoxy groups -OCH3 is 1. The van der Waals surface area contributed by atoms with Crippen molar-refractivity contribution in [1.82, 2.24) is 4.98 Å². The van der Waals surface area contributed by atoms with Crippen LogP contribution in [0.2, 0.25) is 0 Å². The molecule has 96 valence electrons. The third-order valence-electron chi connectivity index (χ3n) is 2.75. The molecule has 18 heavy (non-hydrogen) atoms. The highest BCUT2D eigenvalue weighted by molar-refractivity contribution is 7.09. The SMILES string of the molecule is COc1ccccc1-c1csc(CCC(C)N)n1. The fourth-order valence-electron chi connectivity index (χ4n) is 1.76. The van der Waals surface area contributed by atoms with Crippen molar-refractivity contribution >= 4 is 11.3 Å². The van der Waals surface area contributed by atoms with Crippen LogP contribution in [0.3, 0.4) is 0 Å². The molecule has 0 aliphatic heterocycles. The molecule has 1 aromatic heterocycles. The lowest BCUT2D eigenvalue weighted by molar-refractivity contribution is 0.416. The lowest BCUT2D eigenvalue weighted by Gasteiger charge is -2.05. The maximum absolute atomic E-state index is 5.76. The molecule has 0 saturated carbocycles. The maximum atomic E-state index is 5.76. The van der Waals surface area contributed by atoms with Crippen molar-refractivity contribution in [2.75, 3.05) is 7.11 Å². The fraction of sp³-hybridized carbons (Fsp3) is 0.357. The lowest BCUT2D eigenvalue weighted by Crippen LogP contribution is -2.15. The van der Waals surface area contributed by atoms with Crippen molar-refractivity contribution < 1.29 is 4.74 Å². The second-order valence-electron chi connectivity index (χ2n) is 4.34. The molecule has 0 spiro atoms. The molecule has 0 aliphatic rings. The van der Waals surface area contributed by atoms with Crippen LogP contribution in [-0.4, -0.2) is 18.1 Å². The predicted molar refractivity (Wildman–Crippen MR) is 76.1 cm³/mol. The molecule has 2 rings (SSSR count). The third-order valence-corrected chi connectivity index (χ3v) is 3.66. The highest BCUT2D eigenvalue weighted by atomic mass is 32.1. The minimum absolute atomic E-state index is 0.226. The molecule has 0 amide bonds. The van der Waals surface area contributed by atoms with E-state index in [1.807, 2.05) is 31.2 Å². The van der Waals surface area contributed by atoms with E-state index in [1.54, 1.807) is 18.4 Å². The van der Waals surface area contributed by atoms with E-state index in [-0.39, 0.29) is 6.04 Å². The maximum Gasteiger partial charge on any atom is 0.128 e. The largest absolute Gasteiger partial charge is 0.496 e. The van der Waals surface area contributed by atoms with Gasteiger partial charge < -0.3 is 10.5 Å². The molecule has 2 N–H and O–H groups in total. The van der Waals surface area contributed by atoms with Crippen LogP contribution >= 0.6 is 11.3 Å². The van der Waals surface area contributed by atoms with Crippen molar-refractivity contribution in [2.45, 2.75) is 25.8 Å². The van der Waals surface area contributed by atoms with Gasteiger partial charge in [0.25, 0.3) is 0 Å². The first kappa shape index (κ1) is 13.1. The standard InChI is InChI=1S/C14H18N2OS/c1-10(15)7-8-14-16-12(9-18-14)11-5-3-4-6-13(11)17-2/h3-6,9-10H,7-8,15H2,1-2H3. The molecular formula is C14H18N2OS. The number of hydrogen-bond acceptors (Lipinski definition) is 4. The topological polar surface area (TPSA) is 48.1 Å². The van der Waals surface area contributed by atoms with Gasteiger partial charge in [0, 0.05) is 23.4 Å². The highest BCUT2D eigenvalue weighted by Crippen LogP contribution is 2.30. The summed E-state index contributed by atoms with van der Waals surface area (Å²) in [5.74, 6) is 0.863. The average Bonchev–Trinajstić information content (AvgIpc) is 2.85. The molecule has 1 heterocycles. The molecule has 3 nitrogen and oxygen atoms in total. The molecule has 0 fully saturated rings. The van der Waals surface area contributed by atoms with Crippen LogP contribution in [0.15, 0.2) is 29.6 Å². The molecule has 0 saturated heterocycles. The molecule has 1 unspecified atom stereocenters. The Labute approximate surface area is 112 Å². The first-order valence-electron chi connectivity index (χ1n) is 6.04. The van der Waals surface area contributed by atoms with Crippen molar-refractivity contribution in [1.29, 1.82) is 0 Å². The summed E-state index contributed by atoms with van der Waals surface area (Å²) in [4.78, 5) is 4.64. The van der Waals surface area contributed by atoms with Crippen molar-refractivity contribution in [2.24, 2.45) is 5.73 Å². The van der Waals surface area contributed by atoms with E-state index in [2.05, 4.69) is 10.4 Å². The van der Waals surface area contributed by atoms with Crippen LogP contribution in [0.5, 0.6) is 5.75 Å². The Morgan fingerprint density at radius 3 is 2.89 bits per heavy atom. The second kappa shape index (κ2) is 5.98. The van der Waals surface area contributed by atoms with Crippen LogP contribution < -0.4 is 10.5 Å². The molecular weight excluding hydrogens is 244 g/mol. The monoisotopic (exact) mass is 262 g/mol. The molecule has 1 atom stereocenters. The number of rotatable bonds is 5. The van der Waals surface area contributed by atoms with Gasteiger partial charge in [0.05, 0.1) is 17.8 Å². The van der Waals surface area contributed by atoms with E-state index in [0.717, 1.165) is 34.9 Å². The van der Waals surface area contributed by atoms with E-state index in [9.17, 15) is 0 Å². The van der Waals surface area contributed by atoms with Gasteiger partial charge in [-0.3, -0.25) is 0 Å². The smallest absolute Gasteiger partial charge is 0.128 e. The van der Waals surface area contributed by atoms with E-state index in [4.69, 9.17) is 10.5 Å². The van der Waals surface area contributed by atoms with Gasteiger partial charge in [0.15, 0.2) is 0 Å². The number of nitrogens with two attached hydrogens (primary N) is 1. The highest BCUT2D eigenvalue weighted by Gasteiger charge is 2.09. The Balaban J connectivity index is 2.18. The van der Waals surface area contributed by atoms with Gasteiger partial charge in [0.1, 0.15) is 5.75 Å². The van der Waals surface area contributed by atoms with Gasteiger partial charge in [-0.25, -0.2) is 4.98 Å². The lowest BCUT2D eigenvalue weighted by atomic mass is 10.1. The Morgan fingerprint density at radius 1 is 1.39 bits per heavy atom. The summed E-state index contributed by atoms with van der Waals surface area (Å²) in [6.45, 7) is 2.02. The van der Waals surface area contributed by atoms with Crippen molar-refractivity contribution in [3.05, 3.63) is 34.7 Å². The minimum atomic E-state index is 0.226. The number of hydrogen-bond donors (Lipinski definition) is 1. The zero-order valence-electron chi connectivity index (χ0n) is 10.7. The number of thiazole rings is 1. The molecule has 0 radical (unpaired) electrons. The second-order valence-corrected chi connectivity index (χ2v) is 5.29. The quantitative estimate of drug-likeness (QED) is 0.900. The van der Waals surface area contributed by atoms with E-state index >= 15 is 0 Å². The van der Waals surface area contributed by atoms with Crippen molar-refractivity contribution in [3.8, 4) is 17.0 Å². The van der Waals surface area contributed by atoms with Gasteiger partial charge in [-0.1, -0.05) is 12.1 Å². The Kier molecular flexibility index (Phi) is 4.33. The van der Waals surface area contributed by atoms with E-state index in [0.29, 0.717) is 0 Å². The zero-order valence-corrected chi connectivity index (χ0v) is 11.5. The summed E-state index contributed by atoms with van der Waals surface area (Å²) in [5, 5.41) is 3.21. The number of aryl methyl sites for hydroxylation is 1. The van der Waals surface area contributed by atoms with Gasteiger partial charge in [-0.05, 0) is 25.5 Å². The zero-order chi connectivity index (χ0) is 13.0. The summed E-state index contributed by atoms with van der Waals surface area (Å²) in [7, 11) is 1.68. The Hall–Kier alpha value is -1.39. The molecule has 4 heteroatoms. The average molecular weight is 262 g/mol. The van der Waals surface area contributed by atoms with Crippen molar-refractivity contribution in [3.63, 3.8) is 0 Å². The number of para-hydroxylation sites is 1. The Bertz CT molecular complexity index is 508. The number of ether oxygens (including phenoxy) is 1.